The third-order valence-corrected chi connectivity index (χ3v) is 2.67. The van der Waals surface area contributed by atoms with Crippen LogP contribution in [0.5, 0.6) is 5.75 Å². The van der Waals surface area contributed by atoms with Gasteiger partial charge in [-0.2, -0.15) is 0 Å². The van der Waals surface area contributed by atoms with Crippen molar-refractivity contribution in [3.05, 3.63) is 33.9 Å². The Bertz CT molecular complexity index is 405. The molecule has 0 atom stereocenters. The fraction of sp³-hybridized carbons (Fsp3) is 0.538. The zero-order chi connectivity index (χ0) is 13.5. The minimum absolute atomic E-state index is 0.0145. The Labute approximate surface area is 107 Å². The standard InChI is InChI=1S/C13H20N2O3/c1-10(2)6-7-14-9-11-4-5-13(18-3)12(8-11)15(16)17/h4-5,8,10,14H,6-7,9H2,1-3H3. The number of ether oxygens (including phenoxy) is 1. The van der Waals surface area contributed by atoms with Crippen LogP contribution < -0.4 is 10.1 Å². The Morgan fingerprint density at radius 2 is 2.17 bits per heavy atom. The molecule has 0 fully saturated rings. The van der Waals surface area contributed by atoms with Crippen molar-refractivity contribution < 1.29 is 9.66 Å². The van der Waals surface area contributed by atoms with Gasteiger partial charge in [-0.25, -0.2) is 0 Å². The van der Waals surface area contributed by atoms with E-state index >= 15 is 0 Å². The molecule has 0 aliphatic rings. The molecule has 5 nitrogen and oxygen atoms in total. The van der Waals surface area contributed by atoms with Gasteiger partial charge in [-0.05, 0) is 30.5 Å². The summed E-state index contributed by atoms with van der Waals surface area (Å²) in [6.07, 6.45) is 1.10. The number of hydrogen-bond donors (Lipinski definition) is 1. The molecule has 0 bridgehead atoms. The summed E-state index contributed by atoms with van der Waals surface area (Å²) in [7, 11) is 1.43. The van der Waals surface area contributed by atoms with E-state index in [1.165, 1.54) is 7.11 Å². The Morgan fingerprint density at radius 3 is 2.72 bits per heavy atom. The average Bonchev–Trinajstić information content (AvgIpc) is 2.34. The highest BCUT2D eigenvalue weighted by molar-refractivity contribution is 5.48. The van der Waals surface area contributed by atoms with Gasteiger partial charge in [0.25, 0.3) is 0 Å². The van der Waals surface area contributed by atoms with Gasteiger partial charge >= 0.3 is 5.69 Å². The quantitative estimate of drug-likeness (QED) is 0.460. The van der Waals surface area contributed by atoms with Crippen LogP contribution in [0.4, 0.5) is 5.69 Å². The molecule has 0 heterocycles. The summed E-state index contributed by atoms with van der Waals surface area (Å²) in [5.74, 6) is 0.952. The number of methoxy groups -OCH3 is 1. The van der Waals surface area contributed by atoms with E-state index in [1.807, 2.05) is 6.07 Å². The normalized spacial score (nSPS) is 10.7. The summed E-state index contributed by atoms with van der Waals surface area (Å²) in [5, 5.41) is 14.1. The molecule has 0 saturated heterocycles. The van der Waals surface area contributed by atoms with Gasteiger partial charge in [0.05, 0.1) is 12.0 Å². The first-order chi connectivity index (χ1) is 8.54. The van der Waals surface area contributed by atoms with Crippen LogP contribution in [0.1, 0.15) is 25.8 Å². The first-order valence-electron chi connectivity index (χ1n) is 6.06. The Balaban J connectivity index is 2.62. The monoisotopic (exact) mass is 252 g/mol. The van der Waals surface area contributed by atoms with Crippen molar-refractivity contribution in [2.24, 2.45) is 5.92 Å². The Kier molecular flexibility index (Phi) is 5.58. The molecular weight excluding hydrogens is 232 g/mol. The molecule has 1 aromatic rings. The van der Waals surface area contributed by atoms with Crippen molar-refractivity contribution in [1.82, 2.24) is 5.32 Å². The maximum Gasteiger partial charge on any atom is 0.311 e. The van der Waals surface area contributed by atoms with Crippen LogP contribution in [0.15, 0.2) is 18.2 Å². The minimum Gasteiger partial charge on any atom is -0.490 e. The van der Waals surface area contributed by atoms with Gasteiger partial charge in [0, 0.05) is 12.6 Å². The van der Waals surface area contributed by atoms with Crippen molar-refractivity contribution in [3.8, 4) is 5.75 Å². The van der Waals surface area contributed by atoms with Crippen LogP contribution in [0.25, 0.3) is 0 Å². The molecule has 0 amide bonds. The largest absolute Gasteiger partial charge is 0.490 e. The second kappa shape index (κ2) is 6.96. The maximum absolute atomic E-state index is 10.9. The van der Waals surface area contributed by atoms with E-state index in [0.717, 1.165) is 18.5 Å². The number of nitrogens with one attached hydrogen (secondary N) is 1. The molecule has 0 radical (unpaired) electrons. The lowest BCUT2D eigenvalue weighted by Crippen LogP contribution is -2.16. The molecule has 1 N–H and O–H groups in total. The van der Waals surface area contributed by atoms with Crippen LogP contribution >= 0.6 is 0 Å². The number of nitrogens with zero attached hydrogens (tertiary/aromatic N) is 1. The molecule has 0 aliphatic carbocycles. The zero-order valence-corrected chi connectivity index (χ0v) is 11.1. The van der Waals surface area contributed by atoms with E-state index in [2.05, 4.69) is 19.2 Å². The van der Waals surface area contributed by atoms with E-state index in [-0.39, 0.29) is 5.69 Å². The molecular formula is C13H20N2O3. The van der Waals surface area contributed by atoms with Crippen LogP contribution in [0.3, 0.4) is 0 Å². The fourth-order valence-corrected chi connectivity index (χ4v) is 1.61. The number of rotatable bonds is 7. The minimum atomic E-state index is -0.420. The van der Waals surface area contributed by atoms with E-state index in [1.54, 1.807) is 12.1 Å². The number of hydrogen-bond acceptors (Lipinski definition) is 4. The maximum atomic E-state index is 10.9. The smallest absolute Gasteiger partial charge is 0.311 e. The van der Waals surface area contributed by atoms with E-state index in [0.29, 0.717) is 18.2 Å². The van der Waals surface area contributed by atoms with Crippen molar-refractivity contribution in [2.75, 3.05) is 13.7 Å². The van der Waals surface area contributed by atoms with Gasteiger partial charge in [-0.15, -0.1) is 0 Å². The number of nitro benzene ring substituents is 1. The zero-order valence-electron chi connectivity index (χ0n) is 11.1. The van der Waals surface area contributed by atoms with E-state index in [4.69, 9.17) is 4.74 Å². The van der Waals surface area contributed by atoms with Crippen molar-refractivity contribution in [3.63, 3.8) is 0 Å². The van der Waals surface area contributed by atoms with Crippen LogP contribution in [0, 0.1) is 16.0 Å². The number of benzene rings is 1. The second-order valence-electron chi connectivity index (χ2n) is 4.62. The van der Waals surface area contributed by atoms with Crippen LogP contribution in [-0.4, -0.2) is 18.6 Å². The lowest BCUT2D eigenvalue weighted by molar-refractivity contribution is -0.385. The fourth-order valence-electron chi connectivity index (χ4n) is 1.61. The van der Waals surface area contributed by atoms with Crippen molar-refractivity contribution in [1.29, 1.82) is 0 Å². The highest BCUT2D eigenvalue weighted by atomic mass is 16.6. The summed E-state index contributed by atoms with van der Waals surface area (Å²) >= 11 is 0. The van der Waals surface area contributed by atoms with Crippen molar-refractivity contribution >= 4 is 5.69 Å². The summed E-state index contributed by atoms with van der Waals surface area (Å²) in [5.41, 5.74) is 0.909. The molecule has 1 aromatic carbocycles. The van der Waals surface area contributed by atoms with Gasteiger partial charge in [0.2, 0.25) is 0 Å². The van der Waals surface area contributed by atoms with Gasteiger partial charge < -0.3 is 10.1 Å². The third kappa shape index (κ3) is 4.33. The van der Waals surface area contributed by atoms with Crippen LogP contribution in [-0.2, 0) is 6.54 Å². The van der Waals surface area contributed by atoms with Gasteiger partial charge in [-0.1, -0.05) is 19.9 Å². The third-order valence-electron chi connectivity index (χ3n) is 2.67. The van der Waals surface area contributed by atoms with E-state index in [9.17, 15) is 10.1 Å². The molecule has 0 saturated carbocycles. The second-order valence-corrected chi connectivity index (χ2v) is 4.62. The molecule has 5 heteroatoms. The highest BCUT2D eigenvalue weighted by Crippen LogP contribution is 2.27. The number of nitro groups is 1. The highest BCUT2D eigenvalue weighted by Gasteiger charge is 2.14. The van der Waals surface area contributed by atoms with Gasteiger partial charge in [0.15, 0.2) is 5.75 Å². The summed E-state index contributed by atoms with van der Waals surface area (Å²) < 4.78 is 4.96. The van der Waals surface area contributed by atoms with Gasteiger partial charge in [-0.3, -0.25) is 10.1 Å². The molecule has 0 unspecified atom stereocenters. The van der Waals surface area contributed by atoms with Crippen molar-refractivity contribution in [2.45, 2.75) is 26.8 Å². The SMILES string of the molecule is COc1ccc(CNCCC(C)C)cc1[N+](=O)[O-]. The Morgan fingerprint density at radius 1 is 1.44 bits per heavy atom. The molecule has 0 aliphatic heterocycles. The van der Waals surface area contributed by atoms with Gasteiger partial charge in [0.1, 0.15) is 0 Å². The summed E-state index contributed by atoms with van der Waals surface area (Å²) in [6, 6.07) is 5.03. The molecule has 0 aromatic heterocycles. The topological polar surface area (TPSA) is 64.4 Å². The van der Waals surface area contributed by atoms with E-state index < -0.39 is 4.92 Å². The lowest BCUT2D eigenvalue weighted by atomic mass is 10.1. The Hall–Kier alpha value is -1.62. The van der Waals surface area contributed by atoms with Crippen LogP contribution in [0.2, 0.25) is 0 Å². The molecule has 1 rings (SSSR count). The molecule has 100 valence electrons. The summed E-state index contributed by atoms with van der Waals surface area (Å²) in [6.45, 7) is 5.88. The molecule has 18 heavy (non-hydrogen) atoms. The molecule has 0 spiro atoms. The average molecular weight is 252 g/mol. The predicted octanol–water partition coefficient (Wildman–Crippen LogP) is 2.74. The summed E-state index contributed by atoms with van der Waals surface area (Å²) in [4.78, 5) is 10.4. The first kappa shape index (κ1) is 14.4. The predicted molar refractivity (Wildman–Crippen MR) is 70.8 cm³/mol. The first-order valence-corrected chi connectivity index (χ1v) is 6.06. The lowest BCUT2D eigenvalue weighted by Gasteiger charge is -2.08.